The summed E-state index contributed by atoms with van der Waals surface area (Å²) in [6.07, 6.45) is 0.387. The number of ether oxygens (including phenoxy) is 1. The quantitative estimate of drug-likeness (QED) is 0.798. The lowest BCUT2D eigenvalue weighted by Gasteiger charge is -2.22. The van der Waals surface area contributed by atoms with Gasteiger partial charge in [0.1, 0.15) is 5.82 Å². The van der Waals surface area contributed by atoms with Crippen molar-refractivity contribution in [3.8, 4) is 0 Å². The van der Waals surface area contributed by atoms with Gasteiger partial charge in [0.2, 0.25) is 0 Å². The smallest absolute Gasteiger partial charge is 0.123 e. The van der Waals surface area contributed by atoms with Crippen molar-refractivity contribution in [3.05, 3.63) is 35.6 Å². The normalized spacial score (nSPS) is 15.1. The third-order valence-corrected chi connectivity index (χ3v) is 1.93. The van der Waals surface area contributed by atoms with Gasteiger partial charge < -0.3 is 9.84 Å². The van der Waals surface area contributed by atoms with Crippen LogP contribution in [-0.2, 0) is 11.2 Å². The fourth-order valence-corrected chi connectivity index (χ4v) is 1.45. The molecule has 0 heterocycles. The largest absolute Gasteiger partial charge is 0.387 e. The van der Waals surface area contributed by atoms with Crippen molar-refractivity contribution in [2.45, 2.75) is 18.9 Å². The van der Waals surface area contributed by atoms with Gasteiger partial charge in [-0.3, -0.25) is 0 Å². The number of rotatable bonds is 4. The number of benzene rings is 1. The second kappa shape index (κ2) is 4.53. The predicted octanol–water partition coefficient (Wildman–Crippen LogP) is 1.77. The fourth-order valence-electron chi connectivity index (χ4n) is 1.45. The first-order valence-corrected chi connectivity index (χ1v) is 4.49. The van der Waals surface area contributed by atoms with Crippen molar-refractivity contribution in [1.82, 2.24) is 0 Å². The van der Waals surface area contributed by atoms with E-state index in [9.17, 15) is 9.50 Å². The van der Waals surface area contributed by atoms with Gasteiger partial charge >= 0.3 is 0 Å². The fraction of sp³-hybridized carbons (Fsp3) is 0.455. The Morgan fingerprint density at radius 3 is 2.79 bits per heavy atom. The van der Waals surface area contributed by atoms with Gasteiger partial charge in [-0.05, 0) is 24.6 Å². The van der Waals surface area contributed by atoms with E-state index in [0.29, 0.717) is 6.42 Å². The second-order valence-electron chi connectivity index (χ2n) is 3.74. The standard InChI is InChI=1S/C11H15FO2/c1-11(13,8-14-2)7-9-4-3-5-10(12)6-9/h3-6,13H,7-8H2,1-2H3. The zero-order valence-electron chi connectivity index (χ0n) is 8.46. The average molecular weight is 198 g/mol. The van der Waals surface area contributed by atoms with Crippen molar-refractivity contribution < 1.29 is 14.2 Å². The molecule has 1 aromatic rings. The SMILES string of the molecule is COCC(C)(O)Cc1cccc(F)c1. The number of hydrogen-bond acceptors (Lipinski definition) is 2. The summed E-state index contributed by atoms with van der Waals surface area (Å²) in [7, 11) is 1.53. The van der Waals surface area contributed by atoms with Crippen molar-refractivity contribution >= 4 is 0 Å². The Balaban J connectivity index is 2.68. The number of aliphatic hydroxyl groups is 1. The Bertz CT molecular complexity index is 297. The lowest BCUT2D eigenvalue weighted by Crippen LogP contribution is -2.32. The Labute approximate surface area is 83.3 Å². The maximum atomic E-state index is 12.8. The van der Waals surface area contributed by atoms with Crippen molar-refractivity contribution in [2.24, 2.45) is 0 Å². The van der Waals surface area contributed by atoms with Gasteiger partial charge in [0, 0.05) is 13.5 Å². The summed E-state index contributed by atoms with van der Waals surface area (Å²) >= 11 is 0. The third kappa shape index (κ3) is 3.44. The predicted molar refractivity (Wildman–Crippen MR) is 52.6 cm³/mol. The molecule has 1 atom stereocenters. The van der Waals surface area contributed by atoms with Crippen LogP contribution < -0.4 is 0 Å². The summed E-state index contributed by atoms with van der Waals surface area (Å²) in [6, 6.07) is 6.22. The van der Waals surface area contributed by atoms with Crippen LogP contribution in [0.15, 0.2) is 24.3 Å². The summed E-state index contributed by atoms with van der Waals surface area (Å²) < 4.78 is 17.7. The number of methoxy groups -OCH3 is 1. The molecule has 0 aliphatic heterocycles. The van der Waals surface area contributed by atoms with Crippen LogP contribution >= 0.6 is 0 Å². The molecule has 0 aliphatic carbocycles. The first kappa shape index (κ1) is 11.1. The average Bonchev–Trinajstić information content (AvgIpc) is 2.02. The second-order valence-corrected chi connectivity index (χ2v) is 3.74. The van der Waals surface area contributed by atoms with Gasteiger partial charge in [-0.25, -0.2) is 4.39 Å². The molecule has 1 aromatic carbocycles. The van der Waals surface area contributed by atoms with E-state index < -0.39 is 5.60 Å². The Hall–Kier alpha value is -0.930. The minimum Gasteiger partial charge on any atom is -0.387 e. The van der Waals surface area contributed by atoms with Crippen LogP contribution in [0.3, 0.4) is 0 Å². The summed E-state index contributed by atoms with van der Waals surface area (Å²) in [4.78, 5) is 0. The molecule has 1 unspecified atom stereocenters. The summed E-state index contributed by atoms with van der Waals surface area (Å²) in [5.74, 6) is -0.282. The third-order valence-electron chi connectivity index (χ3n) is 1.93. The van der Waals surface area contributed by atoms with Gasteiger partial charge in [0.25, 0.3) is 0 Å². The lowest BCUT2D eigenvalue weighted by molar-refractivity contribution is -0.0161. The highest BCUT2D eigenvalue weighted by molar-refractivity contribution is 5.18. The maximum Gasteiger partial charge on any atom is 0.123 e. The molecule has 2 nitrogen and oxygen atoms in total. The van der Waals surface area contributed by atoms with Crippen molar-refractivity contribution in [1.29, 1.82) is 0 Å². The monoisotopic (exact) mass is 198 g/mol. The molecule has 1 rings (SSSR count). The minimum atomic E-state index is -0.942. The van der Waals surface area contributed by atoms with E-state index in [4.69, 9.17) is 4.74 Å². The zero-order valence-corrected chi connectivity index (χ0v) is 8.46. The van der Waals surface area contributed by atoms with E-state index in [2.05, 4.69) is 0 Å². The molecule has 0 amide bonds. The minimum absolute atomic E-state index is 0.240. The van der Waals surface area contributed by atoms with Crippen LogP contribution in [0.2, 0.25) is 0 Å². The van der Waals surface area contributed by atoms with Crippen LogP contribution in [0.4, 0.5) is 4.39 Å². The van der Waals surface area contributed by atoms with Crippen LogP contribution in [0.25, 0.3) is 0 Å². The molecule has 0 saturated carbocycles. The van der Waals surface area contributed by atoms with E-state index >= 15 is 0 Å². The Morgan fingerprint density at radius 2 is 2.21 bits per heavy atom. The van der Waals surface area contributed by atoms with Crippen LogP contribution in [-0.4, -0.2) is 24.4 Å². The van der Waals surface area contributed by atoms with Gasteiger partial charge in [0.05, 0.1) is 12.2 Å². The van der Waals surface area contributed by atoms with Crippen LogP contribution in [0.5, 0.6) is 0 Å². The summed E-state index contributed by atoms with van der Waals surface area (Å²) in [6.45, 7) is 1.91. The molecule has 0 fully saturated rings. The number of hydrogen-bond donors (Lipinski definition) is 1. The highest BCUT2D eigenvalue weighted by Gasteiger charge is 2.20. The highest BCUT2D eigenvalue weighted by atomic mass is 19.1. The van der Waals surface area contributed by atoms with E-state index in [1.165, 1.54) is 19.2 Å². The molecule has 1 N–H and O–H groups in total. The first-order valence-electron chi connectivity index (χ1n) is 4.49. The molecule has 3 heteroatoms. The molecule has 78 valence electrons. The lowest BCUT2D eigenvalue weighted by atomic mass is 9.97. The van der Waals surface area contributed by atoms with E-state index in [1.54, 1.807) is 19.1 Å². The summed E-state index contributed by atoms with van der Waals surface area (Å²) in [5.41, 5.74) is -0.172. The van der Waals surface area contributed by atoms with Gasteiger partial charge in [0.15, 0.2) is 0 Å². The molecule has 14 heavy (non-hydrogen) atoms. The topological polar surface area (TPSA) is 29.5 Å². The zero-order chi connectivity index (χ0) is 10.6. The van der Waals surface area contributed by atoms with E-state index in [-0.39, 0.29) is 12.4 Å². The van der Waals surface area contributed by atoms with E-state index in [0.717, 1.165) is 5.56 Å². The Kier molecular flexibility index (Phi) is 3.61. The van der Waals surface area contributed by atoms with Crippen molar-refractivity contribution in [3.63, 3.8) is 0 Å². The van der Waals surface area contributed by atoms with E-state index in [1.807, 2.05) is 0 Å². The van der Waals surface area contributed by atoms with Crippen LogP contribution in [0.1, 0.15) is 12.5 Å². The van der Waals surface area contributed by atoms with Gasteiger partial charge in [-0.1, -0.05) is 12.1 Å². The Morgan fingerprint density at radius 1 is 1.50 bits per heavy atom. The number of halogens is 1. The molecule has 0 radical (unpaired) electrons. The molecule has 0 bridgehead atoms. The molecular weight excluding hydrogens is 183 g/mol. The highest BCUT2D eigenvalue weighted by Crippen LogP contribution is 2.14. The molecule has 0 aromatic heterocycles. The molecular formula is C11H15FO2. The molecule has 0 aliphatic rings. The van der Waals surface area contributed by atoms with Gasteiger partial charge in [-0.15, -0.1) is 0 Å². The maximum absolute atomic E-state index is 12.8. The first-order chi connectivity index (χ1) is 6.53. The molecule has 0 saturated heterocycles. The molecule has 0 spiro atoms. The van der Waals surface area contributed by atoms with Gasteiger partial charge in [-0.2, -0.15) is 0 Å². The van der Waals surface area contributed by atoms with Crippen molar-refractivity contribution in [2.75, 3.05) is 13.7 Å². The van der Waals surface area contributed by atoms with Crippen LogP contribution in [0, 0.1) is 5.82 Å². The summed E-state index contributed by atoms with van der Waals surface area (Å²) in [5, 5.41) is 9.81.